The van der Waals surface area contributed by atoms with Crippen molar-refractivity contribution in [2.75, 3.05) is 18.9 Å². The first-order valence-electron chi connectivity index (χ1n) is 5.75. The van der Waals surface area contributed by atoms with Gasteiger partial charge < -0.3 is 10.6 Å². The van der Waals surface area contributed by atoms with Crippen LogP contribution in [-0.2, 0) is 6.42 Å². The van der Waals surface area contributed by atoms with E-state index in [4.69, 9.17) is 0 Å². The molecular weight excluding hydrogens is 184 g/mol. The quantitative estimate of drug-likeness (QED) is 0.790. The van der Waals surface area contributed by atoms with Crippen LogP contribution in [0.4, 0.5) is 5.69 Å². The van der Waals surface area contributed by atoms with Gasteiger partial charge in [0.15, 0.2) is 0 Å². The van der Waals surface area contributed by atoms with Crippen molar-refractivity contribution >= 4 is 5.69 Å². The fourth-order valence-corrected chi connectivity index (χ4v) is 2.21. The van der Waals surface area contributed by atoms with Crippen LogP contribution in [0.15, 0.2) is 18.2 Å². The molecule has 1 aromatic rings. The minimum Gasteiger partial charge on any atom is -0.384 e. The van der Waals surface area contributed by atoms with Crippen molar-refractivity contribution in [1.29, 1.82) is 0 Å². The molecule has 1 aromatic carbocycles. The zero-order valence-electron chi connectivity index (χ0n) is 9.80. The van der Waals surface area contributed by atoms with Crippen molar-refractivity contribution in [3.63, 3.8) is 0 Å². The Morgan fingerprint density at radius 2 is 2.33 bits per heavy atom. The standard InChI is InChI=1S/C13H20N2/c1-9-8-15-13-11(7-10(2)14-3)5-4-6-12(9)13/h4-6,9-10,14-15H,7-8H2,1-3H3. The number of nitrogens with one attached hydrogen (secondary N) is 2. The molecule has 0 aromatic heterocycles. The molecule has 2 atom stereocenters. The summed E-state index contributed by atoms with van der Waals surface area (Å²) in [6.45, 7) is 5.59. The van der Waals surface area contributed by atoms with Gasteiger partial charge in [0, 0.05) is 24.2 Å². The van der Waals surface area contributed by atoms with Crippen molar-refractivity contribution < 1.29 is 0 Å². The predicted octanol–water partition coefficient (Wildman–Crippen LogP) is 2.37. The van der Waals surface area contributed by atoms with Gasteiger partial charge in [-0.3, -0.25) is 0 Å². The zero-order chi connectivity index (χ0) is 10.8. The fourth-order valence-electron chi connectivity index (χ4n) is 2.21. The molecule has 0 bridgehead atoms. The summed E-state index contributed by atoms with van der Waals surface area (Å²) in [4.78, 5) is 0. The fraction of sp³-hybridized carbons (Fsp3) is 0.538. The monoisotopic (exact) mass is 204 g/mol. The van der Waals surface area contributed by atoms with Crippen LogP contribution in [0.5, 0.6) is 0 Å². The molecule has 15 heavy (non-hydrogen) atoms. The number of hydrogen-bond donors (Lipinski definition) is 2. The molecule has 0 radical (unpaired) electrons. The lowest BCUT2D eigenvalue weighted by atomic mass is 9.98. The SMILES string of the molecule is CNC(C)Cc1cccc2c1NCC2C. The lowest BCUT2D eigenvalue weighted by Crippen LogP contribution is -2.23. The van der Waals surface area contributed by atoms with E-state index in [-0.39, 0.29) is 0 Å². The van der Waals surface area contributed by atoms with E-state index >= 15 is 0 Å². The van der Waals surface area contributed by atoms with Crippen LogP contribution in [-0.4, -0.2) is 19.6 Å². The first-order chi connectivity index (χ1) is 7.22. The molecule has 82 valence electrons. The summed E-state index contributed by atoms with van der Waals surface area (Å²) in [5, 5.41) is 6.81. The van der Waals surface area contributed by atoms with Crippen LogP contribution < -0.4 is 10.6 Å². The van der Waals surface area contributed by atoms with E-state index in [1.54, 1.807) is 0 Å². The van der Waals surface area contributed by atoms with Gasteiger partial charge in [-0.15, -0.1) is 0 Å². The lowest BCUT2D eigenvalue weighted by molar-refractivity contribution is 0.609. The minimum absolute atomic E-state index is 0.536. The Kier molecular flexibility index (Phi) is 2.96. The van der Waals surface area contributed by atoms with Gasteiger partial charge in [0.05, 0.1) is 0 Å². The summed E-state index contributed by atoms with van der Waals surface area (Å²) in [5.74, 6) is 0.657. The van der Waals surface area contributed by atoms with Gasteiger partial charge in [-0.2, -0.15) is 0 Å². The second-order valence-corrected chi connectivity index (χ2v) is 4.56. The predicted molar refractivity (Wildman–Crippen MR) is 65.6 cm³/mol. The van der Waals surface area contributed by atoms with Gasteiger partial charge >= 0.3 is 0 Å². The molecule has 0 aliphatic carbocycles. The van der Waals surface area contributed by atoms with E-state index in [1.165, 1.54) is 16.8 Å². The Morgan fingerprint density at radius 3 is 3.07 bits per heavy atom. The topological polar surface area (TPSA) is 24.1 Å². The largest absolute Gasteiger partial charge is 0.384 e. The highest BCUT2D eigenvalue weighted by atomic mass is 14.9. The normalized spacial score (nSPS) is 20.9. The Morgan fingerprint density at radius 1 is 1.53 bits per heavy atom. The van der Waals surface area contributed by atoms with Gasteiger partial charge in [-0.25, -0.2) is 0 Å². The third kappa shape index (κ3) is 2.00. The van der Waals surface area contributed by atoms with Crippen LogP contribution in [0.3, 0.4) is 0 Å². The molecular formula is C13H20N2. The summed E-state index contributed by atoms with van der Waals surface area (Å²) in [6, 6.07) is 7.19. The first kappa shape index (κ1) is 10.5. The number of likely N-dealkylation sites (N-methyl/N-ethyl adjacent to an activating group) is 1. The molecule has 0 spiro atoms. The summed E-state index contributed by atoms with van der Waals surface area (Å²) >= 11 is 0. The molecule has 1 aliphatic heterocycles. The van der Waals surface area contributed by atoms with E-state index in [2.05, 4.69) is 42.7 Å². The van der Waals surface area contributed by atoms with Gasteiger partial charge in [0.2, 0.25) is 0 Å². The van der Waals surface area contributed by atoms with Crippen molar-refractivity contribution in [3.05, 3.63) is 29.3 Å². The maximum absolute atomic E-state index is 3.52. The van der Waals surface area contributed by atoms with Crippen molar-refractivity contribution in [2.24, 2.45) is 0 Å². The summed E-state index contributed by atoms with van der Waals surface area (Å²) in [5.41, 5.74) is 4.31. The first-order valence-corrected chi connectivity index (χ1v) is 5.75. The average Bonchev–Trinajstić information content (AvgIpc) is 2.62. The highest BCUT2D eigenvalue weighted by molar-refractivity contribution is 5.63. The molecule has 2 N–H and O–H groups in total. The molecule has 2 heteroatoms. The number of benzene rings is 1. The molecule has 2 rings (SSSR count). The van der Waals surface area contributed by atoms with E-state index in [0.717, 1.165) is 13.0 Å². The molecule has 0 saturated heterocycles. The van der Waals surface area contributed by atoms with Crippen LogP contribution in [0.25, 0.3) is 0 Å². The Balaban J connectivity index is 2.26. The molecule has 0 saturated carbocycles. The average molecular weight is 204 g/mol. The molecule has 1 aliphatic rings. The molecule has 2 nitrogen and oxygen atoms in total. The minimum atomic E-state index is 0.536. The third-order valence-electron chi connectivity index (χ3n) is 3.32. The van der Waals surface area contributed by atoms with Crippen LogP contribution >= 0.6 is 0 Å². The van der Waals surface area contributed by atoms with Gasteiger partial charge in [-0.05, 0) is 31.5 Å². The third-order valence-corrected chi connectivity index (χ3v) is 3.32. The van der Waals surface area contributed by atoms with E-state index < -0.39 is 0 Å². The zero-order valence-corrected chi connectivity index (χ0v) is 9.80. The number of fused-ring (bicyclic) bond motifs is 1. The summed E-state index contributed by atoms with van der Waals surface area (Å²) < 4.78 is 0. The van der Waals surface area contributed by atoms with Crippen molar-refractivity contribution in [2.45, 2.75) is 32.2 Å². The lowest BCUT2D eigenvalue weighted by Gasteiger charge is -2.13. The number of rotatable bonds is 3. The molecule has 0 amide bonds. The molecule has 1 heterocycles. The molecule has 0 fully saturated rings. The maximum atomic E-state index is 3.52. The van der Waals surface area contributed by atoms with Gasteiger partial charge in [0.25, 0.3) is 0 Å². The van der Waals surface area contributed by atoms with Crippen LogP contribution in [0.1, 0.15) is 30.9 Å². The van der Waals surface area contributed by atoms with Crippen molar-refractivity contribution in [1.82, 2.24) is 5.32 Å². The van der Waals surface area contributed by atoms with Crippen LogP contribution in [0.2, 0.25) is 0 Å². The summed E-state index contributed by atoms with van der Waals surface area (Å²) in [6.07, 6.45) is 1.10. The maximum Gasteiger partial charge on any atom is 0.0409 e. The number of anilines is 1. The smallest absolute Gasteiger partial charge is 0.0409 e. The van der Waals surface area contributed by atoms with Crippen LogP contribution in [0, 0.1) is 0 Å². The van der Waals surface area contributed by atoms with Gasteiger partial charge in [-0.1, -0.05) is 25.1 Å². The Hall–Kier alpha value is -1.02. The van der Waals surface area contributed by atoms with E-state index in [9.17, 15) is 0 Å². The van der Waals surface area contributed by atoms with E-state index in [1.807, 2.05) is 7.05 Å². The summed E-state index contributed by atoms with van der Waals surface area (Å²) in [7, 11) is 2.02. The second-order valence-electron chi connectivity index (χ2n) is 4.56. The highest BCUT2D eigenvalue weighted by Crippen LogP contribution is 2.34. The Labute approximate surface area is 92.1 Å². The highest BCUT2D eigenvalue weighted by Gasteiger charge is 2.20. The number of para-hydroxylation sites is 1. The number of hydrogen-bond acceptors (Lipinski definition) is 2. The molecule has 2 unspecified atom stereocenters. The van der Waals surface area contributed by atoms with E-state index in [0.29, 0.717) is 12.0 Å². The Bertz CT molecular complexity index is 346. The second kappa shape index (κ2) is 4.23. The van der Waals surface area contributed by atoms with Gasteiger partial charge in [0.1, 0.15) is 0 Å². The van der Waals surface area contributed by atoms with Crippen molar-refractivity contribution in [3.8, 4) is 0 Å².